The third-order valence-corrected chi connectivity index (χ3v) is 4.52. The fourth-order valence-corrected chi connectivity index (χ4v) is 3.40. The predicted octanol–water partition coefficient (Wildman–Crippen LogP) is 3.22. The maximum atomic E-state index is 3.69. The van der Waals surface area contributed by atoms with Crippen LogP contribution in [0.3, 0.4) is 0 Å². The Bertz CT molecular complexity index is 346. The molecule has 80 valence electrons. The van der Waals surface area contributed by atoms with Crippen molar-refractivity contribution in [3.63, 3.8) is 0 Å². The van der Waals surface area contributed by atoms with Gasteiger partial charge in [-0.25, -0.2) is 0 Å². The molecule has 0 radical (unpaired) electrons. The van der Waals surface area contributed by atoms with E-state index in [0.29, 0.717) is 6.04 Å². The molecular weight excluding hydrogens is 202 g/mol. The summed E-state index contributed by atoms with van der Waals surface area (Å²) in [5.74, 6) is 2.26. The lowest BCUT2D eigenvalue weighted by Gasteiger charge is -2.12. The van der Waals surface area contributed by atoms with Crippen LogP contribution < -0.4 is 5.32 Å². The number of hydrogen-bond acceptors (Lipinski definition) is 2. The number of fused-ring (bicyclic) bond motifs is 1. The zero-order chi connectivity index (χ0) is 10.1. The zero-order valence-electron chi connectivity index (χ0n) is 8.91. The van der Waals surface area contributed by atoms with E-state index in [0.717, 1.165) is 5.92 Å². The minimum absolute atomic E-state index is 0.602. The Morgan fingerprint density at radius 2 is 2.13 bits per heavy atom. The van der Waals surface area contributed by atoms with Gasteiger partial charge in [-0.15, -0.1) is 11.8 Å². The van der Waals surface area contributed by atoms with Crippen molar-refractivity contribution in [3.05, 3.63) is 29.8 Å². The average molecular weight is 219 g/mol. The topological polar surface area (TPSA) is 12.0 Å². The summed E-state index contributed by atoms with van der Waals surface area (Å²) in [4.78, 5) is 1.47. The summed E-state index contributed by atoms with van der Waals surface area (Å²) in [6, 6.07) is 9.40. The van der Waals surface area contributed by atoms with Gasteiger partial charge >= 0.3 is 0 Å². The van der Waals surface area contributed by atoms with Crippen molar-refractivity contribution in [3.8, 4) is 0 Å². The number of thioether (sulfide) groups is 1. The standard InChI is InChI=1S/C13H17NS/c1-2-4-13-11(3-1)12(9-15-13)14-8-7-10-5-6-10/h1-4,10,12,14H,5-9H2. The molecular formula is C13H17NS. The van der Waals surface area contributed by atoms with Crippen molar-refractivity contribution in [2.24, 2.45) is 5.92 Å². The van der Waals surface area contributed by atoms with Crippen LogP contribution in [-0.4, -0.2) is 12.3 Å². The van der Waals surface area contributed by atoms with Crippen LogP contribution >= 0.6 is 11.8 Å². The Hall–Kier alpha value is -0.470. The van der Waals surface area contributed by atoms with Gasteiger partial charge in [0.25, 0.3) is 0 Å². The SMILES string of the molecule is c1ccc2c(c1)SCC2NCCC1CC1. The fourth-order valence-electron chi connectivity index (χ4n) is 2.20. The Balaban J connectivity index is 1.58. The largest absolute Gasteiger partial charge is 0.309 e. The highest BCUT2D eigenvalue weighted by Crippen LogP contribution is 2.38. The van der Waals surface area contributed by atoms with Crippen molar-refractivity contribution in [1.82, 2.24) is 5.32 Å². The Kier molecular flexibility index (Phi) is 2.72. The Morgan fingerprint density at radius 1 is 1.27 bits per heavy atom. The first-order valence-electron chi connectivity index (χ1n) is 5.88. The van der Waals surface area contributed by atoms with Gasteiger partial charge in [0.1, 0.15) is 0 Å². The summed E-state index contributed by atoms with van der Waals surface area (Å²) in [6.45, 7) is 1.20. The lowest BCUT2D eigenvalue weighted by Crippen LogP contribution is -2.22. The van der Waals surface area contributed by atoms with Crippen molar-refractivity contribution in [2.75, 3.05) is 12.3 Å². The summed E-state index contributed by atoms with van der Waals surface area (Å²) < 4.78 is 0. The summed E-state index contributed by atoms with van der Waals surface area (Å²) in [5.41, 5.74) is 1.51. The first-order valence-corrected chi connectivity index (χ1v) is 6.87. The van der Waals surface area contributed by atoms with Gasteiger partial charge in [0.05, 0.1) is 0 Å². The summed E-state index contributed by atoms with van der Waals surface area (Å²) in [7, 11) is 0. The number of hydrogen-bond donors (Lipinski definition) is 1. The first-order chi connectivity index (χ1) is 7.43. The molecule has 1 heterocycles. The molecule has 0 bridgehead atoms. The Morgan fingerprint density at radius 3 is 3.00 bits per heavy atom. The average Bonchev–Trinajstić information content (AvgIpc) is 3.00. The third kappa shape index (κ3) is 2.21. The number of rotatable bonds is 4. The molecule has 1 fully saturated rings. The van der Waals surface area contributed by atoms with Gasteiger partial charge in [-0.3, -0.25) is 0 Å². The van der Waals surface area contributed by atoms with E-state index >= 15 is 0 Å². The molecule has 2 heteroatoms. The highest BCUT2D eigenvalue weighted by Gasteiger charge is 2.24. The van der Waals surface area contributed by atoms with Gasteiger partial charge in [-0.05, 0) is 30.5 Å². The molecule has 1 atom stereocenters. The molecule has 1 aliphatic heterocycles. The van der Waals surface area contributed by atoms with Crippen molar-refractivity contribution >= 4 is 11.8 Å². The molecule has 1 aromatic rings. The van der Waals surface area contributed by atoms with E-state index in [-0.39, 0.29) is 0 Å². The van der Waals surface area contributed by atoms with E-state index in [2.05, 4.69) is 29.6 Å². The molecule has 1 N–H and O–H groups in total. The van der Waals surface area contributed by atoms with Crippen molar-refractivity contribution in [2.45, 2.75) is 30.2 Å². The molecule has 2 aliphatic rings. The highest BCUT2D eigenvalue weighted by molar-refractivity contribution is 7.99. The van der Waals surface area contributed by atoms with Crippen LogP contribution in [0.5, 0.6) is 0 Å². The summed E-state index contributed by atoms with van der Waals surface area (Å²) in [6.07, 6.45) is 4.32. The molecule has 0 spiro atoms. The Labute approximate surface area is 95.6 Å². The monoisotopic (exact) mass is 219 g/mol. The van der Waals surface area contributed by atoms with Crippen LogP contribution in [0.1, 0.15) is 30.9 Å². The van der Waals surface area contributed by atoms with Gasteiger partial charge in [0, 0.05) is 16.7 Å². The fraction of sp³-hybridized carbons (Fsp3) is 0.538. The van der Waals surface area contributed by atoms with Gasteiger partial charge in [0.2, 0.25) is 0 Å². The summed E-state index contributed by atoms with van der Waals surface area (Å²) >= 11 is 1.99. The molecule has 0 amide bonds. The van der Waals surface area contributed by atoms with Crippen LogP contribution in [0.25, 0.3) is 0 Å². The molecule has 1 saturated carbocycles. The normalized spacial score (nSPS) is 24.1. The van der Waals surface area contributed by atoms with E-state index in [4.69, 9.17) is 0 Å². The maximum Gasteiger partial charge on any atom is 0.0426 e. The molecule has 15 heavy (non-hydrogen) atoms. The minimum Gasteiger partial charge on any atom is -0.309 e. The molecule has 1 aromatic carbocycles. The zero-order valence-corrected chi connectivity index (χ0v) is 9.72. The molecule has 3 rings (SSSR count). The second kappa shape index (κ2) is 4.18. The van der Waals surface area contributed by atoms with Gasteiger partial charge in [0.15, 0.2) is 0 Å². The van der Waals surface area contributed by atoms with Crippen LogP contribution in [0, 0.1) is 5.92 Å². The smallest absolute Gasteiger partial charge is 0.0426 e. The van der Waals surface area contributed by atoms with Crippen LogP contribution in [0.2, 0.25) is 0 Å². The number of nitrogens with one attached hydrogen (secondary N) is 1. The predicted molar refractivity (Wildman–Crippen MR) is 65.3 cm³/mol. The van der Waals surface area contributed by atoms with Crippen LogP contribution in [-0.2, 0) is 0 Å². The maximum absolute atomic E-state index is 3.69. The molecule has 1 aliphatic carbocycles. The van der Waals surface area contributed by atoms with E-state index in [1.165, 1.54) is 42.0 Å². The quantitative estimate of drug-likeness (QED) is 0.834. The van der Waals surface area contributed by atoms with Gasteiger partial charge in [-0.2, -0.15) is 0 Å². The molecule has 0 saturated heterocycles. The minimum atomic E-state index is 0.602. The molecule has 1 nitrogen and oxygen atoms in total. The van der Waals surface area contributed by atoms with Gasteiger partial charge < -0.3 is 5.32 Å². The lowest BCUT2D eigenvalue weighted by atomic mass is 10.1. The van der Waals surface area contributed by atoms with Crippen LogP contribution in [0.4, 0.5) is 0 Å². The van der Waals surface area contributed by atoms with Crippen molar-refractivity contribution in [1.29, 1.82) is 0 Å². The first kappa shape index (κ1) is 9.73. The lowest BCUT2D eigenvalue weighted by molar-refractivity contribution is 0.546. The summed E-state index contributed by atoms with van der Waals surface area (Å²) in [5, 5.41) is 3.69. The highest BCUT2D eigenvalue weighted by atomic mass is 32.2. The molecule has 0 aromatic heterocycles. The van der Waals surface area contributed by atoms with Crippen LogP contribution in [0.15, 0.2) is 29.2 Å². The number of benzene rings is 1. The van der Waals surface area contributed by atoms with E-state index < -0.39 is 0 Å². The van der Waals surface area contributed by atoms with E-state index in [1.54, 1.807) is 0 Å². The molecule has 1 unspecified atom stereocenters. The third-order valence-electron chi connectivity index (χ3n) is 3.34. The van der Waals surface area contributed by atoms with E-state index in [9.17, 15) is 0 Å². The van der Waals surface area contributed by atoms with E-state index in [1.807, 2.05) is 11.8 Å². The second-order valence-corrected chi connectivity index (χ2v) is 5.65. The van der Waals surface area contributed by atoms with Crippen molar-refractivity contribution < 1.29 is 0 Å². The van der Waals surface area contributed by atoms with Gasteiger partial charge in [-0.1, -0.05) is 31.0 Å². The second-order valence-electron chi connectivity index (χ2n) is 4.59.